The second-order valence-corrected chi connectivity index (χ2v) is 4.14. The lowest BCUT2D eigenvalue weighted by molar-refractivity contribution is -0.137. The molecule has 1 aromatic heterocycles. The number of aromatic nitrogens is 1. The third-order valence-electron chi connectivity index (χ3n) is 1.82. The zero-order chi connectivity index (χ0) is 10.4. The molecule has 0 aliphatic rings. The normalized spacial score (nSPS) is 10.7. The first-order chi connectivity index (χ1) is 6.68. The van der Waals surface area contributed by atoms with Crippen molar-refractivity contribution in [3.8, 4) is 0 Å². The number of carboxylic acid groups (broad SMARTS) is 1. The Hall–Kier alpha value is -0.940. The van der Waals surface area contributed by atoms with Gasteiger partial charge in [-0.05, 0) is 20.0 Å². The molecular weight excluding hydrogens is 200 g/mol. The third kappa shape index (κ3) is 4.34. The van der Waals surface area contributed by atoms with Gasteiger partial charge in [0, 0.05) is 18.0 Å². The van der Waals surface area contributed by atoms with Crippen molar-refractivity contribution in [1.82, 2.24) is 9.88 Å². The minimum absolute atomic E-state index is 0.238. The molecule has 78 valence electrons. The summed E-state index contributed by atoms with van der Waals surface area (Å²) >= 11 is 1.62. The molecule has 0 amide bonds. The molecule has 0 saturated carbocycles. The quantitative estimate of drug-likeness (QED) is 0.778. The van der Waals surface area contributed by atoms with Crippen LogP contribution in [0.5, 0.6) is 0 Å². The number of hydrogen-bond donors (Lipinski definition) is 1. The minimum Gasteiger partial charge on any atom is -0.481 e. The van der Waals surface area contributed by atoms with E-state index in [4.69, 9.17) is 5.11 Å². The minimum atomic E-state index is -0.729. The molecule has 0 spiro atoms. The Morgan fingerprint density at radius 3 is 3.07 bits per heavy atom. The van der Waals surface area contributed by atoms with Crippen LogP contribution in [-0.4, -0.2) is 34.6 Å². The van der Waals surface area contributed by atoms with E-state index in [0.29, 0.717) is 6.42 Å². The summed E-state index contributed by atoms with van der Waals surface area (Å²) in [5.41, 5.74) is 0. The van der Waals surface area contributed by atoms with Crippen molar-refractivity contribution in [2.75, 3.05) is 13.6 Å². The fourth-order valence-electron chi connectivity index (χ4n) is 1.14. The van der Waals surface area contributed by atoms with Crippen LogP contribution in [0.25, 0.3) is 0 Å². The van der Waals surface area contributed by atoms with Gasteiger partial charge >= 0.3 is 5.97 Å². The summed E-state index contributed by atoms with van der Waals surface area (Å²) in [5, 5.41) is 11.5. The Balaban J connectivity index is 2.16. The Morgan fingerprint density at radius 2 is 2.50 bits per heavy atom. The lowest BCUT2D eigenvalue weighted by Gasteiger charge is -2.13. The van der Waals surface area contributed by atoms with Crippen molar-refractivity contribution in [3.63, 3.8) is 0 Å². The number of thiazole rings is 1. The van der Waals surface area contributed by atoms with E-state index in [1.165, 1.54) is 0 Å². The highest BCUT2D eigenvalue weighted by atomic mass is 32.1. The van der Waals surface area contributed by atoms with Crippen molar-refractivity contribution >= 4 is 17.3 Å². The number of carboxylic acids is 1. The lowest BCUT2D eigenvalue weighted by atomic mass is 10.3. The zero-order valence-electron chi connectivity index (χ0n) is 8.14. The zero-order valence-corrected chi connectivity index (χ0v) is 8.96. The molecule has 4 nitrogen and oxygen atoms in total. The smallest absolute Gasteiger partial charge is 0.303 e. The largest absolute Gasteiger partial charge is 0.481 e. The van der Waals surface area contributed by atoms with Gasteiger partial charge in [0.2, 0.25) is 0 Å². The predicted molar refractivity (Wildman–Crippen MR) is 55.3 cm³/mol. The molecule has 0 saturated heterocycles. The van der Waals surface area contributed by atoms with E-state index in [0.717, 1.165) is 18.1 Å². The van der Waals surface area contributed by atoms with Crippen LogP contribution in [0.4, 0.5) is 0 Å². The highest BCUT2D eigenvalue weighted by Gasteiger charge is 2.03. The van der Waals surface area contributed by atoms with E-state index >= 15 is 0 Å². The van der Waals surface area contributed by atoms with E-state index in [1.807, 2.05) is 12.4 Å². The van der Waals surface area contributed by atoms with Crippen LogP contribution in [-0.2, 0) is 11.3 Å². The van der Waals surface area contributed by atoms with Gasteiger partial charge in [0.15, 0.2) is 0 Å². The van der Waals surface area contributed by atoms with Crippen LogP contribution >= 0.6 is 11.3 Å². The van der Waals surface area contributed by atoms with Gasteiger partial charge in [-0.1, -0.05) is 0 Å². The number of rotatable bonds is 6. The SMILES string of the molecule is CN(CCCC(=O)O)Cc1nccs1. The summed E-state index contributed by atoms with van der Waals surface area (Å²) in [6.45, 7) is 1.60. The topological polar surface area (TPSA) is 53.4 Å². The Bertz CT molecular complexity index is 274. The number of hydrogen-bond acceptors (Lipinski definition) is 4. The summed E-state index contributed by atoms with van der Waals surface area (Å²) in [6.07, 6.45) is 2.71. The number of carbonyl (C=O) groups is 1. The Kier molecular flexibility index (Phi) is 4.55. The van der Waals surface area contributed by atoms with Gasteiger partial charge in [0.25, 0.3) is 0 Å². The highest BCUT2D eigenvalue weighted by molar-refractivity contribution is 7.09. The fourth-order valence-corrected chi connectivity index (χ4v) is 1.84. The van der Waals surface area contributed by atoms with E-state index in [9.17, 15) is 4.79 Å². The molecule has 0 bridgehead atoms. The van der Waals surface area contributed by atoms with Gasteiger partial charge in [0.1, 0.15) is 5.01 Å². The molecule has 0 aliphatic carbocycles. The third-order valence-corrected chi connectivity index (χ3v) is 2.58. The van der Waals surface area contributed by atoms with Crippen molar-refractivity contribution in [1.29, 1.82) is 0 Å². The van der Waals surface area contributed by atoms with E-state index in [-0.39, 0.29) is 6.42 Å². The first-order valence-corrected chi connectivity index (χ1v) is 5.35. The molecule has 0 radical (unpaired) electrons. The monoisotopic (exact) mass is 214 g/mol. The average molecular weight is 214 g/mol. The molecule has 0 fully saturated rings. The van der Waals surface area contributed by atoms with Gasteiger partial charge in [-0.2, -0.15) is 0 Å². The van der Waals surface area contributed by atoms with Crippen LogP contribution in [0.15, 0.2) is 11.6 Å². The maximum Gasteiger partial charge on any atom is 0.303 e. The van der Waals surface area contributed by atoms with Gasteiger partial charge in [-0.15, -0.1) is 11.3 Å². The van der Waals surface area contributed by atoms with Crippen LogP contribution in [0, 0.1) is 0 Å². The summed E-state index contributed by atoms with van der Waals surface area (Å²) in [7, 11) is 1.98. The highest BCUT2D eigenvalue weighted by Crippen LogP contribution is 2.07. The standard InChI is InChI=1S/C9H14N2O2S/c1-11(5-2-3-9(12)13)7-8-10-4-6-14-8/h4,6H,2-3,5,7H2,1H3,(H,12,13). The predicted octanol–water partition coefficient (Wildman–Crippen LogP) is 1.44. The molecule has 14 heavy (non-hydrogen) atoms. The molecule has 0 unspecified atom stereocenters. The van der Waals surface area contributed by atoms with E-state index in [2.05, 4.69) is 9.88 Å². The first-order valence-electron chi connectivity index (χ1n) is 4.47. The van der Waals surface area contributed by atoms with Gasteiger partial charge < -0.3 is 5.11 Å². The summed E-state index contributed by atoms with van der Waals surface area (Å²) in [5.74, 6) is -0.729. The van der Waals surface area contributed by atoms with Crippen molar-refractivity contribution in [3.05, 3.63) is 16.6 Å². The second kappa shape index (κ2) is 5.72. The molecule has 1 N–H and O–H groups in total. The number of nitrogens with zero attached hydrogens (tertiary/aromatic N) is 2. The fraction of sp³-hybridized carbons (Fsp3) is 0.556. The maximum absolute atomic E-state index is 10.3. The van der Waals surface area contributed by atoms with Gasteiger partial charge in [-0.3, -0.25) is 9.69 Å². The molecule has 0 aromatic carbocycles. The molecule has 1 heterocycles. The average Bonchev–Trinajstić information content (AvgIpc) is 2.56. The lowest BCUT2D eigenvalue weighted by Crippen LogP contribution is -2.19. The first kappa shape index (κ1) is 11.1. The molecular formula is C9H14N2O2S. The molecule has 1 aromatic rings. The summed E-state index contributed by atoms with van der Waals surface area (Å²) in [4.78, 5) is 16.5. The second-order valence-electron chi connectivity index (χ2n) is 3.16. The summed E-state index contributed by atoms with van der Waals surface area (Å²) in [6, 6.07) is 0. The van der Waals surface area contributed by atoms with Gasteiger partial charge in [0.05, 0.1) is 6.54 Å². The number of aliphatic carboxylic acids is 1. The maximum atomic E-state index is 10.3. The van der Waals surface area contributed by atoms with Crippen LogP contribution in [0.1, 0.15) is 17.8 Å². The summed E-state index contributed by atoms with van der Waals surface area (Å²) < 4.78 is 0. The van der Waals surface area contributed by atoms with Crippen LogP contribution in [0.3, 0.4) is 0 Å². The van der Waals surface area contributed by atoms with Crippen molar-refractivity contribution < 1.29 is 9.90 Å². The van der Waals surface area contributed by atoms with E-state index in [1.54, 1.807) is 17.5 Å². The molecule has 5 heteroatoms. The van der Waals surface area contributed by atoms with Gasteiger partial charge in [-0.25, -0.2) is 4.98 Å². The molecule has 1 rings (SSSR count). The Morgan fingerprint density at radius 1 is 1.71 bits per heavy atom. The van der Waals surface area contributed by atoms with Crippen molar-refractivity contribution in [2.45, 2.75) is 19.4 Å². The van der Waals surface area contributed by atoms with E-state index < -0.39 is 5.97 Å². The molecule has 0 aliphatic heterocycles. The van der Waals surface area contributed by atoms with Crippen LogP contribution < -0.4 is 0 Å². The molecule has 0 atom stereocenters. The Labute approximate surface area is 87.2 Å². The van der Waals surface area contributed by atoms with Crippen LogP contribution in [0.2, 0.25) is 0 Å². The van der Waals surface area contributed by atoms with Crippen molar-refractivity contribution in [2.24, 2.45) is 0 Å².